The summed E-state index contributed by atoms with van der Waals surface area (Å²) in [6.45, 7) is 11.5. The van der Waals surface area contributed by atoms with Crippen LogP contribution in [0.5, 0.6) is 0 Å². The molecule has 1 saturated heterocycles. The van der Waals surface area contributed by atoms with Crippen LogP contribution in [0.2, 0.25) is 0 Å². The van der Waals surface area contributed by atoms with Gasteiger partial charge < -0.3 is 10.2 Å². The first kappa shape index (κ1) is 17.5. The fraction of sp³-hybridized carbons (Fsp3) is 0.800. The SMILES string of the molecule is CC(C)C[C@@H]1NC(=O)N(CC(=O)N(C(C)C)C(C)C)C1=O. The van der Waals surface area contributed by atoms with Gasteiger partial charge in [0, 0.05) is 12.1 Å². The molecular formula is C15H27N3O3. The van der Waals surface area contributed by atoms with E-state index in [1.807, 2.05) is 41.5 Å². The zero-order chi connectivity index (χ0) is 16.3. The van der Waals surface area contributed by atoms with Crippen molar-refractivity contribution in [2.45, 2.75) is 66.1 Å². The lowest BCUT2D eigenvalue weighted by atomic mass is 10.0. The Hall–Kier alpha value is -1.59. The van der Waals surface area contributed by atoms with E-state index in [9.17, 15) is 14.4 Å². The number of hydrogen-bond acceptors (Lipinski definition) is 3. The third kappa shape index (κ3) is 4.19. The fourth-order valence-corrected chi connectivity index (χ4v) is 2.75. The molecule has 0 spiro atoms. The van der Waals surface area contributed by atoms with Gasteiger partial charge in [-0.1, -0.05) is 13.8 Å². The van der Waals surface area contributed by atoms with Crippen LogP contribution in [0.4, 0.5) is 4.79 Å². The Labute approximate surface area is 126 Å². The van der Waals surface area contributed by atoms with Crippen molar-refractivity contribution in [3.8, 4) is 0 Å². The molecule has 0 radical (unpaired) electrons. The van der Waals surface area contributed by atoms with Crippen molar-refractivity contribution in [2.24, 2.45) is 5.92 Å². The van der Waals surface area contributed by atoms with Gasteiger partial charge in [0.25, 0.3) is 5.91 Å². The Morgan fingerprint density at radius 3 is 2.10 bits per heavy atom. The largest absolute Gasteiger partial charge is 0.336 e. The Kier molecular flexibility index (Phi) is 5.75. The minimum Gasteiger partial charge on any atom is -0.336 e. The summed E-state index contributed by atoms with van der Waals surface area (Å²) in [7, 11) is 0. The molecule has 120 valence electrons. The summed E-state index contributed by atoms with van der Waals surface area (Å²) in [5.74, 6) is -0.194. The lowest BCUT2D eigenvalue weighted by molar-refractivity contribution is -0.140. The van der Waals surface area contributed by atoms with Crippen molar-refractivity contribution in [1.82, 2.24) is 15.1 Å². The Bertz CT molecular complexity index is 410. The lowest BCUT2D eigenvalue weighted by Crippen LogP contribution is -2.48. The average molecular weight is 297 g/mol. The highest BCUT2D eigenvalue weighted by Crippen LogP contribution is 2.15. The number of nitrogens with zero attached hydrogens (tertiary/aromatic N) is 2. The van der Waals surface area contributed by atoms with Crippen molar-refractivity contribution < 1.29 is 14.4 Å². The zero-order valence-electron chi connectivity index (χ0n) is 13.8. The molecule has 6 heteroatoms. The van der Waals surface area contributed by atoms with E-state index in [0.717, 1.165) is 4.90 Å². The zero-order valence-corrected chi connectivity index (χ0v) is 13.8. The first-order valence-electron chi connectivity index (χ1n) is 7.58. The maximum Gasteiger partial charge on any atom is 0.325 e. The van der Waals surface area contributed by atoms with E-state index in [1.54, 1.807) is 4.90 Å². The predicted octanol–water partition coefficient (Wildman–Crippen LogP) is 1.60. The molecule has 0 bridgehead atoms. The molecule has 0 aromatic carbocycles. The Morgan fingerprint density at radius 1 is 1.14 bits per heavy atom. The van der Waals surface area contributed by atoms with Crippen LogP contribution in [0.3, 0.4) is 0 Å². The van der Waals surface area contributed by atoms with Crippen molar-refractivity contribution in [3.63, 3.8) is 0 Å². The molecule has 4 amide bonds. The van der Waals surface area contributed by atoms with Gasteiger partial charge in [0.1, 0.15) is 12.6 Å². The monoisotopic (exact) mass is 297 g/mol. The van der Waals surface area contributed by atoms with Crippen LogP contribution < -0.4 is 5.32 Å². The smallest absolute Gasteiger partial charge is 0.325 e. The quantitative estimate of drug-likeness (QED) is 0.757. The predicted molar refractivity (Wildman–Crippen MR) is 80.6 cm³/mol. The number of urea groups is 1. The molecule has 1 aliphatic rings. The van der Waals surface area contributed by atoms with E-state index < -0.39 is 12.1 Å². The van der Waals surface area contributed by atoms with Crippen molar-refractivity contribution in [2.75, 3.05) is 6.54 Å². The van der Waals surface area contributed by atoms with Crippen LogP contribution in [-0.2, 0) is 9.59 Å². The van der Waals surface area contributed by atoms with Gasteiger partial charge in [-0.05, 0) is 40.0 Å². The van der Waals surface area contributed by atoms with Crippen LogP contribution in [0.1, 0.15) is 48.0 Å². The fourth-order valence-electron chi connectivity index (χ4n) is 2.75. The maximum absolute atomic E-state index is 12.4. The summed E-state index contributed by atoms with van der Waals surface area (Å²) >= 11 is 0. The molecule has 1 N–H and O–H groups in total. The van der Waals surface area contributed by atoms with Crippen LogP contribution in [0.15, 0.2) is 0 Å². The summed E-state index contributed by atoms with van der Waals surface area (Å²) in [6.07, 6.45) is 0.591. The Balaban J connectivity index is 2.76. The normalized spacial score (nSPS) is 18.9. The minimum absolute atomic E-state index is 0.0322. The van der Waals surface area contributed by atoms with Gasteiger partial charge in [-0.3, -0.25) is 14.5 Å². The van der Waals surface area contributed by atoms with Gasteiger partial charge in [0.2, 0.25) is 5.91 Å². The number of carbonyl (C=O) groups is 3. The van der Waals surface area contributed by atoms with E-state index in [0.29, 0.717) is 12.3 Å². The highest BCUT2D eigenvalue weighted by atomic mass is 16.2. The number of amides is 4. The number of carbonyl (C=O) groups excluding carboxylic acids is 3. The van der Waals surface area contributed by atoms with E-state index in [4.69, 9.17) is 0 Å². The molecule has 1 heterocycles. The topological polar surface area (TPSA) is 69.7 Å². The van der Waals surface area contributed by atoms with Crippen LogP contribution >= 0.6 is 0 Å². The summed E-state index contributed by atoms with van der Waals surface area (Å²) < 4.78 is 0. The molecule has 0 aliphatic carbocycles. The number of nitrogens with one attached hydrogen (secondary N) is 1. The molecular weight excluding hydrogens is 270 g/mol. The number of hydrogen-bond donors (Lipinski definition) is 1. The highest BCUT2D eigenvalue weighted by Gasteiger charge is 2.40. The van der Waals surface area contributed by atoms with E-state index in [1.165, 1.54) is 0 Å². The third-order valence-electron chi connectivity index (χ3n) is 3.51. The average Bonchev–Trinajstić information content (AvgIpc) is 2.55. The maximum atomic E-state index is 12.4. The molecule has 1 atom stereocenters. The summed E-state index contributed by atoms with van der Waals surface area (Å²) in [5, 5.41) is 2.65. The van der Waals surface area contributed by atoms with Gasteiger partial charge in [-0.2, -0.15) is 0 Å². The van der Waals surface area contributed by atoms with Gasteiger partial charge >= 0.3 is 6.03 Å². The van der Waals surface area contributed by atoms with Crippen molar-refractivity contribution >= 4 is 17.8 Å². The molecule has 6 nitrogen and oxygen atoms in total. The van der Waals surface area contributed by atoms with Crippen molar-refractivity contribution in [3.05, 3.63) is 0 Å². The van der Waals surface area contributed by atoms with E-state index in [-0.39, 0.29) is 30.4 Å². The second kappa shape index (κ2) is 6.91. The summed E-state index contributed by atoms with van der Waals surface area (Å²) in [4.78, 5) is 39.2. The second-order valence-electron chi connectivity index (χ2n) is 6.54. The van der Waals surface area contributed by atoms with E-state index >= 15 is 0 Å². The first-order chi connectivity index (χ1) is 9.65. The first-order valence-corrected chi connectivity index (χ1v) is 7.58. The van der Waals surface area contributed by atoms with Gasteiger partial charge in [0.15, 0.2) is 0 Å². The van der Waals surface area contributed by atoms with Gasteiger partial charge in [-0.25, -0.2) is 4.79 Å². The second-order valence-corrected chi connectivity index (χ2v) is 6.54. The van der Waals surface area contributed by atoms with Crippen LogP contribution in [0, 0.1) is 5.92 Å². The highest BCUT2D eigenvalue weighted by molar-refractivity contribution is 6.06. The molecule has 1 rings (SSSR count). The van der Waals surface area contributed by atoms with Gasteiger partial charge in [-0.15, -0.1) is 0 Å². The summed E-state index contributed by atoms with van der Waals surface area (Å²) in [6, 6.07) is -0.905. The van der Waals surface area contributed by atoms with Crippen molar-refractivity contribution in [1.29, 1.82) is 0 Å². The molecule has 0 unspecified atom stereocenters. The lowest BCUT2D eigenvalue weighted by Gasteiger charge is -2.31. The molecule has 0 aromatic heterocycles. The summed E-state index contributed by atoms with van der Waals surface area (Å²) in [5.41, 5.74) is 0. The van der Waals surface area contributed by atoms with E-state index in [2.05, 4.69) is 5.32 Å². The van der Waals surface area contributed by atoms with Gasteiger partial charge in [0.05, 0.1) is 0 Å². The minimum atomic E-state index is -0.503. The molecule has 1 fully saturated rings. The molecule has 1 aliphatic heterocycles. The molecule has 0 aromatic rings. The number of imide groups is 1. The Morgan fingerprint density at radius 2 is 1.67 bits per heavy atom. The number of rotatable bonds is 6. The van der Waals surface area contributed by atoms with Crippen LogP contribution in [-0.4, -0.2) is 52.3 Å². The molecule has 21 heavy (non-hydrogen) atoms. The standard InChI is InChI=1S/C15H27N3O3/c1-9(2)7-12-14(20)17(15(21)16-12)8-13(19)18(10(3)4)11(5)6/h9-12H,7-8H2,1-6H3,(H,16,21)/t12-/m0/s1. The van der Waals surface area contributed by atoms with Crippen LogP contribution in [0.25, 0.3) is 0 Å². The third-order valence-corrected chi connectivity index (χ3v) is 3.51. The molecule has 0 saturated carbocycles.